The van der Waals surface area contributed by atoms with Crippen LogP contribution in [0.5, 0.6) is 5.75 Å². The molecule has 0 aliphatic heterocycles. The Kier molecular flexibility index (Phi) is 4.99. The fraction of sp³-hybridized carbons (Fsp3) is 0.231. The molecule has 0 bridgehead atoms. The highest BCUT2D eigenvalue weighted by molar-refractivity contribution is 6.43. The van der Waals surface area contributed by atoms with Crippen molar-refractivity contribution in [1.29, 1.82) is 0 Å². The highest BCUT2D eigenvalue weighted by atomic mass is 35.5. The first-order valence-electron chi connectivity index (χ1n) is 5.59. The molecule has 0 aliphatic rings. The van der Waals surface area contributed by atoms with Gasteiger partial charge >= 0.3 is 0 Å². The van der Waals surface area contributed by atoms with Gasteiger partial charge in [-0.2, -0.15) is 0 Å². The smallest absolute Gasteiger partial charge is 0.146 e. The molecule has 1 N–H and O–H groups in total. The first-order chi connectivity index (χ1) is 9.10. The molecule has 0 aliphatic carbocycles. The van der Waals surface area contributed by atoms with Gasteiger partial charge < -0.3 is 14.5 Å². The molecule has 19 heavy (non-hydrogen) atoms. The van der Waals surface area contributed by atoms with E-state index < -0.39 is 0 Å². The number of nitrogens with one attached hydrogen (secondary N) is 1. The third-order valence-electron chi connectivity index (χ3n) is 2.41. The van der Waals surface area contributed by atoms with Crippen LogP contribution < -0.4 is 10.1 Å². The minimum atomic E-state index is 0.279. The van der Waals surface area contributed by atoms with E-state index in [0.717, 1.165) is 5.76 Å². The topological polar surface area (TPSA) is 34.4 Å². The molecule has 0 amide bonds. The summed E-state index contributed by atoms with van der Waals surface area (Å²) in [6.45, 7) is 0.953. The van der Waals surface area contributed by atoms with Gasteiger partial charge in [-0.05, 0) is 25.2 Å². The van der Waals surface area contributed by atoms with E-state index in [-0.39, 0.29) is 6.61 Å². The van der Waals surface area contributed by atoms with Gasteiger partial charge in [0.25, 0.3) is 0 Å². The number of benzene rings is 1. The second-order valence-corrected chi connectivity index (χ2v) is 5.11. The van der Waals surface area contributed by atoms with Crippen molar-refractivity contribution >= 4 is 34.8 Å². The zero-order valence-corrected chi connectivity index (χ0v) is 12.4. The number of hydrogen-bond acceptors (Lipinski definition) is 3. The molecule has 0 atom stereocenters. The van der Waals surface area contributed by atoms with Crippen LogP contribution in [0.15, 0.2) is 28.7 Å². The third-order valence-corrected chi connectivity index (χ3v) is 3.43. The Morgan fingerprint density at radius 2 is 1.74 bits per heavy atom. The Labute approximate surface area is 126 Å². The van der Waals surface area contributed by atoms with Crippen molar-refractivity contribution in [2.75, 3.05) is 7.05 Å². The van der Waals surface area contributed by atoms with Gasteiger partial charge in [0.1, 0.15) is 23.9 Å². The quantitative estimate of drug-likeness (QED) is 0.821. The Bertz CT molecular complexity index is 569. The van der Waals surface area contributed by atoms with Gasteiger partial charge in [0.05, 0.1) is 21.6 Å². The monoisotopic (exact) mass is 319 g/mol. The third kappa shape index (κ3) is 3.80. The van der Waals surface area contributed by atoms with Gasteiger partial charge in [-0.15, -0.1) is 0 Å². The summed E-state index contributed by atoms with van der Waals surface area (Å²) in [6.07, 6.45) is 0. The molecule has 6 heteroatoms. The minimum Gasteiger partial charge on any atom is -0.484 e. The first kappa shape index (κ1) is 14.5. The van der Waals surface area contributed by atoms with Gasteiger partial charge in [0.2, 0.25) is 0 Å². The van der Waals surface area contributed by atoms with Crippen LogP contribution in [0.25, 0.3) is 0 Å². The predicted octanol–water partition coefficient (Wildman–Crippen LogP) is 4.54. The van der Waals surface area contributed by atoms with Gasteiger partial charge in [0.15, 0.2) is 0 Å². The van der Waals surface area contributed by atoms with E-state index in [2.05, 4.69) is 5.32 Å². The maximum absolute atomic E-state index is 6.01. The second-order valence-electron chi connectivity index (χ2n) is 3.88. The van der Waals surface area contributed by atoms with Crippen LogP contribution in [0.4, 0.5) is 0 Å². The summed E-state index contributed by atoms with van der Waals surface area (Å²) in [5, 5.41) is 4.22. The molecule has 2 rings (SSSR count). The molecule has 2 aromatic rings. The summed E-state index contributed by atoms with van der Waals surface area (Å²) in [6, 6.07) is 6.89. The van der Waals surface area contributed by atoms with Crippen LogP contribution in [0.1, 0.15) is 11.5 Å². The lowest BCUT2D eigenvalue weighted by molar-refractivity contribution is 0.265. The van der Waals surface area contributed by atoms with Gasteiger partial charge in [-0.3, -0.25) is 0 Å². The summed E-state index contributed by atoms with van der Waals surface area (Å²) in [5.41, 5.74) is 0. The van der Waals surface area contributed by atoms with Crippen LogP contribution >= 0.6 is 34.8 Å². The summed E-state index contributed by atoms with van der Waals surface area (Å²) in [7, 11) is 1.86. The highest BCUT2D eigenvalue weighted by Gasteiger charge is 2.08. The van der Waals surface area contributed by atoms with Crippen LogP contribution in [0, 0.1) is 0 Å². The lowest BCUT2D eigenvalue weighted by Crippen LogP contribution is -2.03. The molecule has 0 saturated heterocycles. The van der Waals surface area contributed by atoms with E-state index in [1.165, 1.54) is 0 Å². The van der Waals surface area contributed by atoms with Crippen molar-refractivity contribution in [3.63, 3.8) is 0 Å². The fourth-order valence-electron chi connectivity index (χ4n) is 1.53. The van der Waals surface area contributed by atoms with Gasteiger partial charge in [0, 0.05) is 6.07 Å². The van der Waals surface area contributed by atoms with Crippen LogP contribution in [-0.2, 0) is 13.2 Å². The van der Waals surface area contributed by atoms with Crippen molar-refractivity contribution in [3.05, 3.63) is 50.9 Å². The second kappa shape index (κ2) is 6.53. The molecular formula is C13H12Cl3NO2. The molecule has 0 radical (unpaired) electrons. The van der Waals surface area contributed by atoms with E-state index in [0.29, 0.717) is 33.1 Å². The molecule has 102 valence electrons. The van der Waals surface area contributed by atoms with E-state index in [4.69, 9.17) is 44.0 Å². The summed E-state index contributed by atoms with van der Waals surface area (Å²) >= 11 is 17.8. The average molecular weight is 321 g/mol. The molecule has 1 aromatic heterocycles. The molecule has 0 fully saturated rings. The normalized spacial score (nSPS) is 10.7. The Hall–Kier alpha value is -0.870. The molecule has 3 nitrogen and oxygen atoms in total. The van der Waals surface area contributed by atoms with Gasteiger partial charge in [-0.1, -0.05) is 34.8 Å². The maximum Gasteiger partial charge on any atom is 0.146 e. The van der Waals surface area contributed by atoms with Crippen molar-refractivity contribution < 1.29 is 9.15 Å². The number of rotatable bonds is 5. The largest absolute Gasteiger partial charge is 0.484 e. The van der Waals surface area contributed by atoms with Crippen molar-refractivity contribution in [3.8, 4) is 5.75 Å². The molecule has 0 unspecified atom stereocenters. The lowest BCUT2D eigenvalue weighted by atomic mass is 10.3. The number of furan rings is 1. The van der Waals surface area contributed by atoms with Crippen LogP contribution in [0.3, 0.4) is 0 Å². The van der Waals surface area contributed by atoms with Gasteiger partial charge in [-0.25, -0.2) is 0 Å². The fourth-order valence-corrected chi connectivity index (χ4v) is 2.12. The zero-order chi connectivity index (χ0) is 13.8. The summed E-state index contributed by atoms with van der Waals surface area (Å²) in [4.78, 5) is 0. The molecule has 0 spiro atoms. The molecule has 1 heterocycles. The Morgan fingerprint density at radius 1 is 1.05 bits per heavy atom. The predicted molar refractivity (Wildman–Crippen MR) is 77.3 cm³/mol. The van der Waals surface area contributed by atoms with E-state index >= 15 is 0 Å². The SMILES string of the molecule is CNCc1ccc(COc2cc(Cl)c(Cl)cc2Cl)o1. The molecular weight excluding hydrogens is 309 g/mol. The van der Waals surface area contributed by atoms with Crippen molar-refractivity contribution in [2.45, 2.75) is 13.2 Å². The highest BCUT2D eigenvalue weighted by Crippen LogP contribution is 2.34. The first-order valence-corrected chi connectivity index (χ1v) is 6.73. The minimum absolute atomic E-state index is 0.279. The zero-order valence-electron chi connectivity index (χ0n) is 10.2. The number of ether oxygens (including phenoxy) is 1. The Balaban J connectivity index is 2.03. The maximum atomic E-state index is 6.01. The van der Waals surface area contributed by atoms with E-state index in [1.54, 1.807) is 12.1 Å². The number of hydrogen-bond donors (Lipinski definition) is 1. The Morgan fingerprint density at radius 3 is 2.47 bits per heavy atom. The lowest BCUT2D eigenvalue weighted by Gasteiger charge is -2.08. The van der Waals surface area contributed by atoms with E-state index in [9.17, 15) is 0 Å². The molecule has 0 saturated carbocycles. The molecule has 1 aromatic carbocycles. The van der Waals surface area contributed by atoms with E-state index in [1.807, 2.05) is 19.2 Å². The standard InChI is InChI=1S/C13H12Cl3NO2/c1-17-6-8-2-3-9(19-8)7-18-13-5-11(15)10(14)4-12(13)16/h2-5,17H,6-7H2,1H3. The average Bonchev–Trinajstić information content (AvgIpc) is 2.80. The van der Waals surface area contributed by atoms with Crippen LogP contribution in [-0.4, -0.2) is 7.05 Å². The van der Waals surface area contributed by atoms with Crippen molar-refractivity contribution in [1.82, 2.24) is 5.32 Å². The van der Waals surface area contributed by atoms with Crippen molar-refractivity contribution in [2.24, 2.45) is 0 Å². The summed E-state index contributed by atoms with van der Waals surface area (Å²) in [5.74, 6) is 2.04. The number of halogens is 3. The van der Waals surface area contributed by atoms with Crippen LogP contribution in [0.2, 0.25) is 15.1 Å². The summed E-state index contributed by atoms with van der Waals surface area (Å²) < 4.78 is 11.1.